The van der Waals surface area contributed by atoms with Crippen LogP contribution in [0.1, 0.15) is 12.0 Å². The Morgan fingerprint density at radius 2 is 1.93 bits per heavy atom. The van der Waals surface area contributed by atoms with Gasteiger partial charge in [0.15, 0.2) is 0 Å². The zero-order valence-corrected chi connectivity index (χ0v) is 15.3. The maximum absolute atomic E-state index is 13.1. The fourth-order valence-electron chi connectivity index (χ4n) is 3.04. The Hall–Kier alpha value is -3.23. The molecular formula is C18H20FN5O3. The highest BCUT2D eigenvalue weighted by atomic mass is 19.1. The van der Waals surface area contributed by atoms with E-state index in [1.54, 1.807) is 25.4 Å². The number of nitrogens with zero attached hydrogens (tertiary/aromatic N) is 4. The van der Waals surface area contributed by atoms with E-state index in [1.807, 2.05) is 0 Å². The fourth-order valence-corrected chi connectivity index (χ4v) is 3.04. The molecule has 1 N–H and O–H groups in total. The second-order valence-electron chi connectivity index (χ2n) is 6.54. The number of amides is 4. The van der Waals surface area contributed by atoms with Gasteiger partial charge in [0.05, 0.1) is 18.3 Å². The number of imide groups is 1. The molecule has 1 fully saturated rings. The molecule has 0 bridgehead atoms. The molecule has 27 heavy (non-hydrogen) atoms. The number of hydrogen-bond donors (Lipinski definition) is 1. The van der Waals surface area contributed by atoms with Gasteiger partial charge in [-0.15, -0.1) is 0 Å². The Labute approximate surface area is 155 Å². The molecule has 0 radical (unpaired) electrons. The zero-order chi connectivity index (χ0) is 19.7. The average molecular weight is 373 g/mol. The molecule has 0 saturated carbocycles. The molecule has 0 aliphatic carbocycles. The van der Waals surface area contributed by atoms with E-state index in [9.17, 15) is 18.8 Å². The normalized spacial score (nSPS) is 17.0. The van der Waals surface area contributed by atoms with Gasteiger partial charge in [0, 0.05) is 38.8 Å². The van der Waals surface area contributed by atoms with Gasteiger partial charge in [-0.2, -0.15) is 5.10 Å². The summed E-state index contributed by atoms with van der Waals surface area (Å²) >= 11 is 0. The van der Waals surface area contributed by atoms with E-state index in [4.69, 9.17) is 0 Å². The van der Waals surface area contributed by atoms with Crippen LogP contribution in [0.5, 0.6) is 0 Å². The van der Waals surface area contributed by atoms with Crippen LogP contribution in [-0.2, 0) is 16.1 Å². The summed E-state index contributed by atoms with van der Waals surface area (Å²) in [4.78, 5) is 40.3. The van der Waals surface area contributed by atoms with Gasteiger partial charge in [-0.3, -0.25) is 19.6 Å². The minimum atomic E-state index is -0.793. The number of carbonyl (C=O) groups is 3. The van der Waals surface area contributed by atoms with E-state index in [1.165, 1.54) is 36.0 Å². The van der Waals surface area contributed by atoms with Crippen molar-refractivity contribution < 1.29 is 18.8 Å². The van der Waals surface area contributed by atoms with Crippen LogP contribution in [0.25, 0.3) is 11.3 Å². The molecular weight excluding hydrogens is 353 g/mol. The lowest BCUT2D eigenvalue weighted by molar-refractivity contribution is -0.135. The number of carbonyl (C=O) groups excluding carboxylic acids is 3. The van der Waals surface area contributed by atoms with Crippen molar-refractivity contribution in [3.63, 3.8) is 0 Å². The number of H-pyrrole nitrogens is 1. The Bertz CT molecular complexity index is 879. The number of hydrogen-bond acceptors (Lipinski definition) is 4. The van der Waals surface area contributed by atoms with Crippen LogP contribution in [0.15, 0.2) is 30.5 Å². The Morgan fingerprint density at radius 3 is 2.52 bits per heavy atom. The molecule has 1 aliphatic heterocycles. The van der Waals surface area contributed by atoms with Crippen LogP contribution in [0.4, 0.5) is 9.18 Å². The number of rotatable bonds is 5. The largest absolute Gasteiger partial charge is 0.341 e. The number of likely N-dealkylation sites (N-methyl/N-ethyl adjacent to an activating group) is 2. The molecule has 0 unspecified atom stereocenters. The van der Waals surface area contributed by atoms with Crippen molar-refractivity contribution in [2.45, 2.75) is 19.0 Å². The summed E-state index contributed by atoms with van der Waals surface area (Å²) in [5.74, 6) is -0.994. The van der Waals surface area contributed by atoms with Gasteiger partial charge in [-0.25, -0.2) is 9.18 Å². The van der Waals surface area contributed by atoms with Gasteiger partial charge in [0.2, 0.25) is 5.91 Å². The van der Waals surface area contributed by atoms with E-state index >= 15 is 0 Å². The van der Waals surface area contributed by atoms with Crippen molar-refractivity contribution in [3.05, 3.63) is 41.8 Å². The average Bonchev–Trinajstić information content (AvgIpc) is 3.17. The highest BCUT2D eigenvalue weighted by Gasteiger charge is 2.42. The van der Waals surface area contributed by atoms with Gasteiger partial charge >= 0.3 is 6.03 Å². The number of urea groups is 1. The molecule has 2 heterocycles. The van der Waals surface area contributed by atoms with Crippen molar-refractivity contribution in [1.29, 1.82) is 0 Å². The predicted octanol–water partition coefficient (Wildman–Crippen LogP) is 1.46. The summed E-state index contributed by atoms with van der Waals surface area (Å²) < 4.78 is 13.1. The Kier molecular flexibility index (Phi) is 4.93. The van der Waals surface area contributed by atoms with Crippen molar-refractivity contribution >= 4 is 17.8 Å². The monoisotopic (exact) mass is 373 g/mol. The van der Waals surface area contributed by atoms with Gasteiger partial charge in [0.25, 0.3) is 5.91 Å². The number of halogens is 1. The minimum absolute atomic E-state index is 0.0916. The fraction of sp³-hybridized carbons (Fsp3) is 0.333. The first kappa shape index (κ1) is 18.6. The quantitative estimate of drug-likeness (QED) is 0.804. The van der Waals surface area contributed by atoms with Crippen molar-refractivity contribution in [1.82, 2.24) is 24.9 Å². The first-order valence-electron chi connectivity index (χ1n) is 8.36. The van der Waals surface area contributed by atoms with Crippen molar-refractivity contribution in [2.75, 3.05) is 21.1 Å². The van der Waals surface area contributed by atoms with Gasteiger partial charge in [-0.1, -0.05) is 0 Å². The van der Waals surface area contributed by atoms with Crippen LogP contribution in [0, 0.1) is 5.82 Å². The molecule has 1 saturated heterocycles. The van der Waals surface area contributed by atoms with E-state index < -0.39 is 12.1 Å². The Balaban J connectivity index is 1.69. The number of aromatic amines is 1. The maximum Gasteiger partial charge on any atom is 0.326 e. The molecule has 9 heteroatoms. The molecule has 3 rings (SSSR count). The van der Waals surface area contributed by atoms with Crippen LogP contribution in [0.3, 0.4) is 0 Å². The van der Waals surface area contributed by atoms with E-state index in [0.29, 0.717) is 5.69 Å². The Morgan fingerprint density at radius 1 is 1.26 bits per heavy atom. The molecule has 4 amide bonds. The molecule has 0 spiro atoms. The number of benzene rings is 1. The zero-order valence-electron chi connectivity index (χ0n) is 15.3. The summed E-state index contributed by atoms with van der Waals surface area (Å²) in [6, 6.07) is 4.74. The van der Waals surface area contributed by atoms with Gasteiger partial charge in [0.1, 0.15) is 11.9 Å². The molecule has 2 aromatic rings. The van der Waals surface area contributed by atoms with E-state index in [-0.39, 0.29) is 30.6 Å². The van der Waals surface area contributed by atoms with Crippen LogP contribution in [0.2, 0.25) is 0 Å². The number of aromatic nitrogens is 2. The molecule has 1 aliphatic rings. The SMILES string of the molecule is CN(Cc1cn[nH]c1-c1ccc(F)cc1)C(=O)C[C@@H]1C(=O)N(C)C(=O)N1C. The van der Waals surface area contributed by atoms with Crippen molar-refractivity contribution in [2.24, 2.45) is 0 Å². The second-order valence-corrected chi connectivity index (χ2v) is 6.54. The first-order chi connectivity index (χ1) is 12.8. The summed E-state index contributed by atoms with van der Waals surface area (Å²) in [5.41, 5.74) is 2.21. The third-order valence-corrected chi connectivity index (χ3v) is 4.72. The maximum atomic E-state index is 13.1. The molecule has 8 nitrogen and oxygen atoms in total. The van der Waals surface area contributed by atoms with Crippen LogP contribution >= 0.6 is 0 Å². The van der Waals surface area contributed by atoms with Gasteiger partial charge in [-0.05, 0) is 24.3 Å². The topological polar surface area (TPSA) is 89.6 Å². The molecule has 1 atom stereocenters. The smallest absolute Gasteiger partial charge is 0.326 e. The lowest BCUT2D eigenvalue weighted by atomic mass is 10.1. The summed E-state index contributed by atoms with van der Waals surface area (Å²) in [6.45, 7) is 0.260. The third kappa shape index (κ3) is 3.53. The van der Waals surface area contributed by atoms with Crippen molar-refractivity contribution in [3.8, 4) is 11.3 Å². The summed E-state index contributed by atoms with van der Waals surface area (Å²) in [5, 5.41) is 6.87. The third-order valence-electron chi connectivity index (χ3n) is 4.72. The minimum Gasteiger partial charge on any atom is -0.341 e. The van der Waals surface area contributed by atoms with E-state index in [2.05, 4.69) is 10.2 Å². The lowest BCUT2D eigenvalue weighted by Crippen LogP contribution is -2.38. The van der Waals surface area contributed by atoms with Crippen LogP contribution < -0.4 is 0 Å². The predicted molar refractivity (Wildman–Crippen MR) is 94.8 cm³/mol. The highest BCUT2D eigenvalue weighted by molar-refractivity contribution is 6.05. The van der Waals surface area contributed by atoms with Crippen LogP contribution in [-0.4, -0.2) is 69.9 Å². The highest BCUT2D eigenvalue weighted by Crippen LogP contribution is 2.23. The summed E-state index contributed by atoms with van der Waals surface area (Å²) in [6.07, 6.45) is 1.51. The molecule has 1 aromatic carbocycles. The van der Waals surface area contributed by atoms with Gasteiger partial charge < -0.3 is 9.80 Å². The standard InChI is InChI=1S/C18H20FN5O3/c1-22(15(25)8-14-17(26)24(3)18(27)23(14)2)10-12-9-20-21-16(12)11-4-6-13(19)7-5-11/h4-7,9,14H,8,10H2,1-3H3,(H,20,21)/t14-/m1/s1. The van der Waals surface area contributed by atoms with E-state index in [0.717, 1.165) is 16.0 Å². The molecule has 1 aromatic heterocycles. The lowest BCUT2D eigenvalue weighted by Gasteiger charge is -2.21. The molecule has 142 valence electrons. The number of nitrogens with one attached hydrogen (secondary N) is 1. The first-order valence-corrected chi connectivity index (χ1v) is 8.36. The second kappa shape index (κ2) is 7.18. The summed E-state index contributed by atoms with van der Waals surface area (Å²) in [7, 11) is 4.52.